The quantitative estimate of drug-likeness (QED) is 0.468. The number of anilines is 1. The Bertz CT molecular complexity index is 1290. The van der Waals surface area contributed by atoms with E-state index >= 15 is 0 Å². The molecule has 4 rings (SSSR count). The van der Waals surface area contributed by atoms with Crippen molar-refractivity contribution in [2.75, 3.05) is 12.4 Å². The summed E-state index contributed by atoms with van der Waals surface area (Å²) in [5.41, 5.74) is 2.21. The molecule has 0 amide bonds. The SMILES string of the molecule is COC(=O)c1ccc2c(c1)nc(C(F)(F)F)n2-c1cnc(NCc2ccncc2C)cn1. The molecular weight excluding hydrogens is 425 g/mol. The Labute approximate surface area is 180 Å². The number of hydrogen-bond acceptors (Lipinski definition) is 7. The average molecular weight is 442 g/mol. The number of pyridine rings is 1. The highest BCUT2D eigenvalue weighted by Crippen LogP contribution is 2.33. The van der Waals surface area contributed by atoms with E-state index < -0.39 is 18.0 Å². The van der Waals surface area contributed by atoms with Crippen LogP contribution in [-0.4, -0.2) is 37.6 Å². The molecule has 164 valence electrons. The zero-order valence-corrected chi connectivity index (χ0v) is 17.0. The fourth-order valence-corrected chi connectivity index (χ4v) is 3.16. The van der Waals surface area contributed by atoms with Crippen molar-refractivity contribution in [1.82, 2.24) is 24.5 Å². The molecule has 0 aliphatic rings. The Hall–Kier alpha value is -4.02. The van der Waals surface area contributed by atoms with Crippen LogP contribution in [-0.2, 0) is 17.5 Å². The van der Waals surface area contributed by atoms with Gasteiger partial charge in [0.1, 0.15) is 5.82 Å². The lowest BCUT2D eigenvalue weighted by atomic mass is 10.1. The summed E-state index contributed by atoms with van der Waals surface area (Å²) in [6.45, 7) is 2.38. The van der Waals surface area contributed by atoms with E-state index in [4.69, 9.17) is 0 Å². The summed E-state index contributed by atoms with van der Waals surface area (Å²) in [6, 6.07) is 5.84. The van der Waals surface area contributed by atoms with Crippen molar-refractivity contribution in [3.05, 3.63) is 71.6 Å². The summed E-state index contributed by atoms with van der Waals surface area (Å²) in [4.78, 5) is 27.8. The second-order valence-electron chi connectivity index (χ2n) is 6.88. The van der Waals surface area contributed by atoms with Crippen molar-refractivity contribution < 1.29 is 22.7 Å². The molecular formula is C21H17F3N6O2. The topological polar surface area (TPSA) is 94.8 Å². The van der Waals surface area contributed by atoms with E-state index in [0.717, 1.165) is 15.7 Å². The van der Waals surface area contributed by atoms with Crippen LogP contribution in [0.15, 0.2) is 49.1 Å². The third kappa shape index (κ3) is 4.09. The highest BCUT2D eigenvalue weighted by molar-refractivity contribution is 5.94. The van der Waals surface area contributed by atoms with Gasteiger partial charge in [0, 0.05) is 18.9 Å². The minimum atomic E-state index is -4.75. The summed E-state index contributed by atoms with van der Waals surface area (Å²) < 4.78 is 46.5. The van der Waals surface area contributed by atoms with Gasteiger partial charge in [0.2, 0.25) is 5.82 Å². The van der Waals surface area contributed by atoms with Crippen LogP contribution < -0.4 is 5.32 Å². The minimum Gasteiger partial charge on any atom is -0.465 e. The van der Waals surface area contributed by atoms with Crippen LogP contribution in [0, 0.1) is 6.92 Å². The number of fused-ring (bicyclic) bond motifs is 1. The molecule has 0 saturated carbocycles. The molecule has 11 heteroatoms. The number of hydrogen-bond donors (Lipinski definition) is 1. The van der Waals surface area contributed by atoms with Gasteiger partial charge >= 0.3 is 12.1 Å². The van der Waals surface area contributed by atoms with Gasteiger partial charge in [-0.25, -0.2) is 19.7 Å². The van der Waals surface area contributed by atoms with Crippen LogP contribution in [0.25, 0.3) is 16.9 Å². The fraction of sp³-hybridized carbons (Fsp3) is 0.190. The van der Waals surface area contributed by atoms with Gasteiger partial charge in [0.15, 0.2) is 5.82 Å². The molecule has 0 radical (unpaired) electrons. The molecule has 1 N–H and O–H groups in total. The zero-order chi connectivity index (χ0) is 22.9. The summed E-state index contributed by atoms with van der Waals surface area (Å²) in [5, 5.41) is 3.08. The van der Waals surface area contributed by atoms with Crippen LogP contribution in [0.2, 0.25) is 0 Å². The Balaban J connectivity index is 1.69. The number of nitrogens with one attached hydrogen (secondary N) is 1. The number of aromatic nitrogens is 5. The van der Waals surface area contributed by atoms with Crippen molar-refractivity contribution in [3.63, 3.8) is 0 Å². The first-order chi connectivity index (χ1) is 15.3. The second kappa shape index (κ2) is 8.25. The second-order valence-corrected chi connectivity index (χ2v) is 6.88. The standard InChI is InChI=1S/C21H17F3N6O2/c1-12-8-25-6-5-14(12)9-26-17-10-28-18(11-27-17)30-16-4-3-13(19(31)32-2)7-15(16)29-20(30)21(22,23)24/h3-8,10-11H,9H2,1-2H3,(H,26,27). The van der Waals surface area contributed by atoms with E-state index in [9.17, 15) is 18.0 Å². The van der Waals surface area contributed by atoms with E-state index in [-0.39, 0.29) is 22.4 Å². The lowest BCUT2D eigenvalue weighted by Gasteiger charge is -2.12. The molecule has 1 aromatic carbocycles. The number of methoxy groups -OCH3 is 1. The Morgan fingerprint density at radius 1 is 1.16 bits per heavy atom. The monoisotopic (exact) mass is 442 g/mol. The van der Waals surface area contributed by atoms with Gasteiger partial charge in [-0.05, 0) is 42.3 Å². The molecule has 0 fully saturated rings. The minimum absolute atomic E-state index is 0.0163. The summed E-state index contributed by atoms with van der Waals surface area (Å²) in [7, 11) is 1.19. The molecule has 3 heterocycles. The highest BCUT2D eigenvalue weighted by atomic mass is 19.4. The van der Waals surface area contributed by atoms with Gasteiger partial charge < -0.3 is 10.1 Å². The number of nitrogens with zero attached hydrogens (tertiary/aromatic N) is 5. The van der Waals surface area contributed by atoms with Gasteiger partial charge in [-0.1, -0.05) is 0 Å². The Morgan fingerprint density at radius 2 is 1.97 bits per heavy atom. The van der Waals surface area contributed by atoms with Crippen LogP contribution in [0.4, 0.5) is 19.0 Å². The Kier molecular flexibility index (Phi) is 5.47. The number of aryl methyl sites for hydroxylation is 1. The van der Waals surface area contributed by atoms with Crippen molar-refractivity contribution in [1.29, 1.82) is 0 Å². The zero-order valence-electron chi connectivity index (χ0n) is 17.0. The van der Waals surface area contributed by atoms with Crippen LogP contribution >= 0.6 is 0 Å². The molecule has 0 spiro atoms. The number of esters is 1. The summed E-state index contributed by atoms with van der Waals surface area (Å²) >= 11 is 0. The number of imidazole rings is 1. The van der Waals surface area contributed by atoms with Gasteiger partial charge in [-0.2, -0.15) is 13.2 Å². The number of rotatable bonds is 5. The predicted octanol–water partition coefficient (Wildman–Crippen LogP) is 3.94. The summed E-state index contributed by atoms with van der Waals surface area (Å²) in [6.07, 6.45) is 1.24. The molecule has 0 aliphatic carbocycles. The molecule has 4 aromatic rings. The lowest BCUT2D eigenvalue weighted by molar-refractivity contribution is -0.145. The summed E-state index contributed by atoms with van der Waals surface area (Å²) in [5.74, 6) is -1.50. The van der Waals surface area contributed by atoms with E-state index in [0.29, 0.717) is 12.4 Å². The first kappa shape index (κ1) is 21.2. The van der Waals surface area contributed by atoms with Crippen molar-refractivity contribution in [2.45, 2.75) is 19.6 Å². The maximum absolute atomic E-state index is 13.7. The van der Waals surface area contributed by atoms with Crippen LogP contribution in [0.5, 0.6) is 0 Å². The third-order valence-corrected chi connectivity index (χ3v) is 4.79. The maximum atomic E-state index is 13.7. The fourth-order valence-electron chi connectivity index (χ4n) is 3.16. The Morgan fingerprint density at radius 3 is 2.62 bits per heavy atom. The van der Waals surface area contributed by atoms with Gasteiger partial charge in [0.25, 0.3) is 0 Å². The first-order valence-electron chi connectivity index (χ1n) is 9.41. The molecule has 0 bridgehead atoms. The van der Waals surface area contributed by atoms with E-state index in [1.165, 1.54) is 37.7 Å². The first-order valence-corrected chi connectivity index (χ1v) is 9.41. The molecule has 3 aromatic heterocycles. The average Bonchev–Trinajstić information content (AvgIpc) is 3.18. The molecule has 0 saturated heterocycles. The number of ether oxygens (including phenoxy) is 1. The molecule has 0 unspecified atom stereocenters. The van der Waals surface area contributed by atoms with Crippen molar-refractivity contribution in [3.8, 4) is 5.82 Å². The number of halogens is 3. The lowest BCUT2D eigenvalue weighted by Crippen LogP contribution is -2.15. The molecule has 0 aliphatic heterocycles. The number of benzene rings is 1. The normalized spacial score (nSPS) is 11.5. The van der Waals surface area contributed by atoms with Gasteiger partial charge in [-0.3, -0.25) is 9.55 Å². The maximum Gasteiger partial charge on any atom is 0.450 e. The van der Waals surface area contributed by atoms with E-state index in [1.807, 2.05) is 13.0 Å². The molecule has 8 nitrogen and oxygen atoms in total. The van der Waals surface area contributed by atoms with Crippen molar-refractivity contribution >= 4 is 22.8 Å². The van der Waals surface area contributed by atoms with Crippen LogP contribution in [0.3, 0.4) is 0 Å². The largest absolute Gasteiger partial charge is 0.465 e. The van der Waals surface area contributed by atoms with Crippen LogP contribution in [0.1, 0.15) is 27.3 Å². The number of alkyl halides is 3. The predicted molar refractivity (Wildman–Crippen MR) is 109 cm³/mol. The number of carbonyl (C=O) groups is 1. The smallest absolute Gasteiger partial charge is 0.450 e. The van der Waals surface area contributed by atoms with E-state index in [1.54, 1.807) is 12.4 Å². The molecule has 32 heavy (non-hydrogen) atoms. The van der Waals surface area contributed by atoms with Gasteiger partial charge in [-0.15, -0.1) is 0 Å². The third-order valence-electron chi connectivity index (χ3n) is 4.79. The van der Waals surface area contributed by atoms with Gasteiger partial charge in [0.05, 0.1) is 36.1 Å². The number of carbonyl (C=O) groups excluding carboxylic acids is 1. The van der Waals surface area contributed by atoms with Crippen molar-refractivity contribution in [2.24, 2.45) is 0 Å². The highest BCUT2D eigenvalue weighted by Gasteiger charge is 2.38. The van der Waals surface area contributed by atoms with E-state index in [2.05, 4.69) is 30.0 Å². The molecule has 0 atom stereocenters.